The van der Waals surface area contributed by atoms with Crippen LogP contribution in [0.25, 0.3) is 66.6 Å². The van der Waals surface area contributed by atoms with Gasteiger partial charge in [0.2, 0.25) is 0 Å². The van der Waals surface area contributed by atoms with Gasteiger partial charge in [-0.1, -0.05) is 97.1 Å². The molecule has 202 valence electrons. The van der Waals surface area contributed by atoms with Crippen molar-refractivity contribution in [1.82, 2.24) is 9.97 Å². The lowest BCUT2D eigenvalue weighted by molar-refractivity contribution is 1.31. The Morgan fingerprint density at radius 2 is 0.762 bits per heavy atom. The maximum atomic E-state index is 5.37. The molecule has 0 saturated heterocycles. The second-order valence-electron chi connectivity index (χ2n) is 11.3. The fourth-order valence-corrected chi connectivity index (χ4v) is 5.79. The molecule has 0 fully saturated rings. The molecule has 0 unspecified atom stereocenters. The van der Waals surface area contributed by atoms with Gasteiger partial charge >= 0.3 is 0 Å². The van der Waals surface area contributed by atoms with E-state index in [1.54, 1.807) is 0 Å². The standard InChI is InChI=1S/C40H32N2/c1-25-15-17-31(21-27(25)3)37-23-35(29-11-7-5-8-12-29)33-19-20-34-36(30-13-9-6-10-14-30)24-38(42-40(34)39(33)41-37)32-18-16-26(2)28(4)22-32/h5-24H,1-4H3. The number of aromatic nitrogens is 2. The van der Waals surface area contributed by atoms with Crippen molar-refractivity contribution in [1.29, 1.82) is 0 Å². The molecule has 0 bridgehead atoms. The average molecular weight is 541 g/mol. The number of hydrogen-bond acceptors (Lipinski definition) is 2. The first kappa shape index (κ1) is 25.9. The number of aryl methyl sites for hydroxylation is 4. The molecule has 0 saturated carbocycles. The Morgan fingerprint density at radius 1 is 0.357 bits per heavy atom. The van der Waals surface area contributed by atoms with Crippen molar-refractivity contribution in [2.45, 2.75) is 27.7 Å². The van der Waals surface area contributed by atoms with E-state index in [2.05, 4.69) is 149 Å². The fraction of sp³-hybridized carbons (Fsp3) is 0.100. The van der Waals surface area contributed by atoms with Crippen LogP contribution in [-0.4, -0.2) is 9.97 Å². The summed E-state index contributed by atoms with van der Waals surface area (Å²) in [6.45, 7) is 8.63. The Labute approximate surface area is 247 Å². The van der Waals surface area contributed by atoms with Gasteiger partial charge in [0.05, 0.1) is 22.4 Å². The predicted octanol–water partition coefficient (Wildman–Crippen LogP) is 10.7. The monoisotopic (exact) mass is 540 g/mol. The van der Waals surface area contributed by atoms with E-state index in [9.17, 15) is 0 Å². The topological polar surface area (TPSA) is 25.8 Å². The molecule has 42 heavy (non-hydrogen) atoms. The summed E-state index contributed by atoms with van der Waals surface area (Å²) in [5.74, 6) is 0. The van der Waals surface area contributed by atoms with E-state index < -0.39 is 0 Å². The lowest BCUT2D eigenvalue weighted by Crippen LogP contribution is -1.96. The van der Waals surface area contributed by atoms with Gasteiger partial charge in [0.25, 0.3) is 0 Å². The van der Waals surface area contributed by atoms with Crippen LogP contribution < -0.4 is 0 Å². The van der Waals surface area contributed by atoms with E-state index in [1.165, 1.54) is 33.4 Å². The summed E-state index contributed by atoms with van der Waals surface area (Å²) in [5.41, 5.74) is 15.7. The molecule has 0 aliphatic rings. The van der Waals surface area contributed by atoms with Crippen molar-refractivity contribution in [3.63, 3.8) is 0 Å². The third kappa shape index (κ3) is 4.55. The van der Waals surface area contributed by atoms with Crippen LogP contribution in [0, 0.1) is 27.7 Å². The lowest BCUT2D eigenvalue weighted by atomic mass is 9.93. The Morgan fingerprint density at radius 3 is 1.14 bits per heavy atom. The minimum Gasteiger partial charge on any atom is -0.245 e. The van der Waals surface area contributed by atoms with Gasteiger partial charge in [0.1, 0.15) is 0 Å². The summed E-state index contributed by atoms with van der Waals surface area (Å²) in [6, 6.07) is 43.4. The molecule has 7 rings (SSSR count). The van der Waals surface area contributed by atoms with Gasteiger partial charge in [-0.2, -0.15) is 0 Å². The Bertz CT molecular complexity index is 1960. The van der Waals surface area contributed by atoms with Gasteiger partial charge in [0, 0.05) is 21.9 Å². The first-order valence-corrected chi connectivity index (χ1v) is 14.5. The summed E-state index contributed by atoms with van der Waals surface area (Å²) in [7, 11) is 0. The average Bonchev–Trinajstić information content (AvgIpc) is 3.03. The minimum atomic E-state index is 0.921. The summed E-state index contributed by atoms with van der Waals surface area (Å²) in [5, 5.41) is 2.20. The number of fused-ring (bicyclic) bond motifs is 3. The summed E-state index contributed by atoms with van der Waals surface area (Å²) in [4.78, 5) is 10.7. The Balaban J connectivity index is 1.61. The van der Waals surface area contributed by atoms with Crippen molar-refractivity contribution < 1.29 is 0 Å². The molecule has 0 N–H and O–H groups in total. The van der Waals surface area contributed by atoms with Gasteiger partial charge in [0.15, 0.2) is 0 Å². The van der Waals surface area contributed by atoms with E-state index in [0.29, 0.717) is 0 Å². The van der Waals surface area contributed by atoms with Gasteiger partial charge in [-0.05, 0) is 96.5 Å². The van der Waals surface area contributed by atoms with Gasteiger partial charge in [-0.25, -0.2) is 9.97 Å². The molecule has 0 radical (unpaired) electrons. The van der Waals surface area contributed by atoms with Crippen LogP contribution in [0.15, 0.2) is 121 Å². The SMILES string of the molecule is Cc1ccc(-c2cc(-c3ccccc3)c3ccc4c(-c5ccccc5)cc(-c5ccc(C)c(C)c5)nc4c3n2)cc1C. The molecule has 2 heteroatoms. The largest absolute Gasteiger partial charge is 0.245 e. The zero-order valence-corrected chi connectivity index (χ0v) is 24.4. The van der Waals surface area contributed by atoms with E-state index in [4.69, 9.17) is 9.97 Å². The zero-order valence-electron chi connectivity index (χ0n) is 24.4. The number of nitrogens with zero attached hydrogens (tertiary/aromatic N) is 2. The first-order chi connectivity index (χ1) is 20.5. The predicted molar refractivity (Wildman–Crippen MR) is 178 cm³/mol. The number of benzene rings is 5. The zero-order chi connectivity index (χ0) is 28.8. The van der Waals surface area contributed by atoms with E-state index in [1.807, 2.05) is 0 Å². The van der Waals surface area contributed by atoms with E-state index in [0.717, 1.165) is 55.4 Å². The molecular weight excluding hydrogens is 508 g/mol. The van der Waals surface area contributed by atoms with Crippen LogP contribution >= 0.6 is 0 Å². The quantitative estimate of drug-likeness (QED) is 0.208. The smallest absolute Gasteiger partial charge is 0.0978 e. The molecule has 2 nitrogen and oxygen atoms in total. The molecule has 0 spiro atoms. The maximum absolute atomic E-state index is 5.37. The number of rotatable bonds is 4. The van der Waals surface area contributed by atoms with Crippen molar-refractivity contribution >= 4 is 21.8 Å². The minimum absolute atomic E-state index is 0.921. The van der Waals surface area contributed by atoms with Crippen molar-refractivity contribution in [2.24, 2.45) is 0 Å². The number of pyridine rings is 2. The fourth-order valence-electron chi connectivity index (χ4n) is 5.79. The highest BCUT2D eigenvalue weighted by molar-refractivity contribution is 6.13. The first-order valence-electron chi connectivity index (χ1n) is 14.5. The Hall–Kier alpha value is -5.08. The Kier molecular flexibility index (Phi) is 6.40. The highest BCUT2D eigenvalue weighted by atomic mass is 14.8. The van der Waals surface area contributed by atoms with Gasteiger partial charge < -0.3 is 0 Å². The molecule has 0 amide bonds. The summed E-state index contributed by atoms with van der Waals surface area (Å²) < 4.78 is 0. The third-order valence-corrected chi connectivity index (χ3v) is 8.53. The molecule has 0 aliphatic carbocycles. The van der Waals surface area contributed by atoms with E-state index in [-0.39, 0.29) is 0 Å². The van der Waals surface area contributed by atoms with Gasteiger partial charge in [-0.15, -0.1) is 0 Å². The van der Waals surface area contributed by atoms with Crippen LogP contribution in [0.5, 0.6) is 0 Å². The lowest BCUT2D eigenvalue weighted by Gasteiger charge is -2.16. The summed E-state index contributed by atoms with van der Waals surface area (Å²) in [6.07, 6.45) is 0. The molecule has 7 aromatic rings. The van der Waals surface area contributed by atoms with E-state index >= 15 is 0 Å². The normalized spacial score (nSPS) is 11.3. The van der Waals surface area contributed by atoms with Crippen LogP contribution in [0.2, 0.25) is 0 Å². The number of hydrogen-bond donors (Lipinski definition) is 0. The maximum Gasteiger partial charge on any atom is 0.0978 e. The van der Waals surface area contributed by atoms with Crippen LogP contribution in [0.1, 0.15) is 22.3 Å². The molecule has 0 atom stereocenters. The van der Waals surface area contributed by atoms with Crippen LogP contribution in [0.4, 0.5) is 0 Å². The second kappa shape index (κ2) is 10.4. The third-order valence-electron chi connectivity index (χ3n) is 8.53. The molecule has 0 aliphatic heterocycles. The molecule has 2 aromatic heterocycles. The van der Waals surface area contributed by atoms with Crippen molar-refractivity contribution in [2.75, 3.05) is 0 Å². The van der Waals surface area contributed by atoms with Gasteiger partial charge in [-0.3, -0.25) is 0 Å². The highest BCUT2D eigenvalue weighted by Crippen LogP contribution is 2.39. The van der Waals surface area contributed by atoms with Crippen molar-refractivity contribution in [3.05, 3.63) is 144 Å². The molecule has 2 heterocycles. The second-order valence-corrected chi connectivity index (χ2v) is 11.3. The molecular formula is C40H32N2. The van der Waals surface area contributed by atoms with Crippen LogP contribution in [-0.2, 0) is 0 Å². The highest BCUT2D eigenvalue weighted by Gasteiger charge is 2.17. The molecule has 5 aromatic carbocycles. The summed E-state index contributed by atoms with van der Waals surface area (Å²) >= 11 is 0. The van der Waals surface area contributed by atoms with Crippen molar-refractivity contribution in [3.8, 4) is 44.8 Å². The van der Waals surface area contributed by atoms with Crippen LogP contribution in [0.3, 0.4) is 0 Å².